The molecule has 2 saturated heterocycles. The van der Waals surface area contributed by atoms with Crippen LogP contribution in [-0.2, 0) is 14.3 Å². The van der Waals surface area contributed by atoms with Crippen LogP contribution in [0.25, 0.3) is 0 Å². The fraction of sp³-hybridized carbons (Fsp3) is 0.833. The lowest BCUT2D eigenvalue weighted by molar-refractivity contribution is -0.143. The third-order valence-corrected chi connectivity index (χ3v) is 2.90. The van der Waals surface area contributed by atoms with E-state index < -0.39 is 5.97 Å². The molecule has 98 valence electrons. The zero-order valence-electron chi connectivity index (χ0n) is 10.1. The van der Waals surface area contributed by atoms with E-state index in [1.807, 2.05) is 0 Å². The maximum absolute atomic E-state index is 10.5. The molecule has 5 heteroatoms. The van der Waals surface area contributed by atoms with Gasteiger partial charge in [0.1, 0.15) is 6.04 Å². The van der Waals surface area contributed by atoms with Crippen LogP contribution in [0.5, 0.6) is 0 Å². The van der Waals surface area contributed by atoms with Crippen LogP contribution in [-0.4, -0.2) is 36.2 Å². The summed E-state index contributed by atoms with van der Waals surface area (Å²) >= 11 is 0. The number of carboxylic acids is 1. The molecule has 2 N–H and O–H groups in total. The van der Waals surface area contributed by atoms with E-state index in [0.717, 1.165) is 45.1 Å². The third kappa shape index (κ3) is 6.26. The smallest absolute Gasteiger partial charge is 0.320 e. The number of carboxylic acid groups (broad SMARTS) is 1. The lowest BCUT2D eigenvalue weighted by Crippen LogP contribution is -2.40. The zero-order valence-corrected chi connectivity index (χ0v) is 10.1. The minimum Gasteiger partial charge on any atom is -0.480 e. The van der Waals surface area contributed by atoms with Gasteiger partial charge in [-0.3, -0.25) is 9.59 Å². The van der Waals surface area contributed by atoms with Crippen molar-refractivity contribution in [2.75, 3.05) is 13.2 Å². The van der Waals surface area contributed by atoms with Crippen molar-refractivity contribution in [3.63, 3.8) is 0 Å². The Morgan fingerprint density at radius 2 is 2.06 bits per heavy atom. The molecule has 2 aliphatic heterocycles. The molecule has 0 unspecified atom stereocenters. The van der Waals surface area contributed by atoms with Gasteiger partial charge in [0.25, 0.3) is 0 Å². The second-order valence-electron chi connectivity index (χ2n) is 4.37. The first kappa shape index (κ1) is 14.0. The number of esters is 1. The van der Waals surface area contributed by atoms with E-state index >= 15 is 0 Å². The molecule has 1 atom stereocenters. The van der Waals surface area contributed by atoms with Crippen LogP contribution in [0.4, 0.5) is 0 Å². The quantitative estimate of drug-likeness (QED) is 0.679. The van der Waals surface area contributed by atoms with Gasteiger partial charge in [-0.2, -0.15) is 0 Å². The highest BCUT2D eigenvalue weighted by Gasteiger charge is 2.18. The molecule has 0 radical (unpaired) electrons. The van der Waals surface area contributed by atoms with Crippen molar-refractivity contribution in [1.82, 2.24) is 5.32 Å². The molecule has 2 aliphatic rings. The van der Waals surface area contributed by atoms with E-state index in [4.69, 9.17) is 9.84 Å². The summed E-state index contributed by atoms with van der Waals surface area (Å²) in [6.45, 7) is 1.50. The fourth-order valence-corrected chi connectivity index (χ4v) is 1.87. The lowest BCUT2D eigenvalue weighted by atomic mass is 10.1. The molecule has 0 aliphatic carbocycles. The molecule has 0 amide bonds. The normalized spacial score (nSPS) is 24.9. The predicted octanol–water partition coefficient (Wildman–Crippen LogP) is 1.32. The van der Waals surface area contributed by atoms with Gasteiger partial charge >= 0.3 is 11.9 Å². The monoisotopic (exact) mass is 243 g/mol. The summed E-state index contributed by atoms with van der Waals surface area (Å²) < 4.78 is 4.76. The van der Waals surface area contributed by atoms with Gasteiger partial charge in [0.2, 0.25) is 0 Å². The Hall–Kier alpha value is -1.10. The summed E-state index contributed by atoms with van der Waals surface area (Å²) in [7, 11) is 0. The van der Waals surface area contributed by atoms with Gasteiger partial charge in [0, 0.05) is 6.42 Å². The number of hydrogen-bond acceptors (Lipinski definition) is 4. The van der Waals surface area contributed by atoms with Crippen molar-refractivity contribution in [2.45, 2.75) is 51.0 Å². The second-order valence-corrected chi connectivity index (χ2v) is 4.37. The Morgan fingerprint density at radius 3 is 2.65 bits per heavy atom. The van der Waals surface area contributed by atoms with Crippen molar-refractivity contribution in [2.24, 2.45) is 0 Å². The molecule has 2 fully saturated rings. The summed E-state index contributed by atoms with van der Waals surface area (Å²) in [6, 6.07) is -0.279. The molecular formula is C12H21NO4. The first-order valence-electron chi connectivity index (χ1n) is 6.32. The topological polar surface area (TPSA) is 75.6 Å². The summed E-state index contributed by atoms with van der Waals surface area (Å²) in [5.74, 6) is -0.739. The largest absolute Gasteiger partial charge is 0.480 e. The third-order valence-electron chi connectivity index (χ3n) is 2.90. The number of nitrogens with one attached hydrogen (secondary N) is 1. The maximum atomic E-state index is 10.5. The van der Waals surface area contributed by atoms with Crippen LogP contribution < -0.4 is 5.32 Å². The van der Waals surface area contributed by atoms with Crippen molar-refractivity contribution in [3.8, 4) is 0 Å². The second kappa shape index (κ2) is 8.06. The van der Waals surface area contributed by atoms with Crippen molar-refractivity contribution in [3.05, 3.63) is 0 Å². The maximum Gasteiger partial charge on any atom is 0.320 e. The molecule has 0 aromatic rings. The highest BCUT2D eigenvalue weighted by atomic mass is 16.5. The molecule has 0 bridgehead atoms. The minimum atomic E-state index is -0.713. The number of ether oxygens (including phenoxy) is 1. The van der Waals surface area contributed by atoms with Gasteiger partial charge in [0.15, 0.2) is 0 Å². The van der Waals surface area contributed by atoms with Gasteiger partial charge in [0.05, 0.1) is 6.61 Å². The molecule has 0 aromatic heterocycles. The standard InChI is InChI=1S/C6H11NO2.C6H10O2/c8-6(9)5-3-1-2-4-7-5;7-6-4-2-1-3-5-8-6/h5,7H,1-4H2,(H,8,9);1-5H2/t5-;/m0./s1. The first-order chi connectivity index (χ1) is 8.20. The molecule has 0 saturated carbocycles. The van der Waals surface area contributed by atoms with Gasteiger partial charge in [-0.25, -0.2) is 0 Å². The SMILES string of the molecule is O=C(O)[C@@H]1CCCCN1.O=C1CCCCCO1. The summed E-state index contributed by atoms with van der Waals surface area (Å²) in [5.41, 5.74) is 0. The van der Waals surface area contributed by atoms with E-state index in [-0.39, 0.29) is 12.0 Å². The van der Waals surface area contributed by atoms with E-state index in [1.165, 1.54) is 0 Å². The highest BCUT2D eigenvalue weighted by molar-refractivity contribution is 5.73. The number of piperidine rings is 1. The molecule has 5 nitrogen and oxygen atoms in total. The Bertz CT molecular complexity index is 239. The van der Waals surface area contributed by atoms with Gasteiger partial charge in [-0.1, -0.05) is 6.42 Å². The van der Waals surface area contributed by atoms with E-state index in [0.29, 0.717) is 13.0 Å². The first-order valence-corrected chi connectivity index (χ1v) is 6.32. The number of aliphatic carboxylic acids is 1. The molecular weight excluding hydrogens is 222 g/mol. The average Bonchev–Trinajstić information content (AvgIpc) is 2.59. The van der Waals surface area contributed by atoms with Crippen LogP contribution in [0.3, 0.4) is 0 Å². The Kier molecular flexibility index (Phi) is 6.62. The fourth-order valence-electron chi connectivity index (χ4n) is 1.87. The van der Waals surface area contributed by atoms with Crippen molar-refractivity contribution >= 4 is 11.9 Å². The highest BCUT2D eigenvalue weighted by Crippen LogP contribution is 2.06. The molecule has 2 rings (SSSR count). The van der Waals surface area contributed by atoms with Gasteiger partial charge in [-0.05, 0) is 38.6 Å². The number of rotatable bonds is 1. The minimum absolute atomic E-state index is 0.0255. The summed E-state index contributed by atoms with van der Waals surface area (Å²) in [6.07, 6.45) is 6.78. The molecule has 2 heterocycles. The van der Waals surface area contributed by atoms with E-state index in [9.17, 15) is 9.59 Å². The van der Waals surface area contributed by atoms with Gasteiger partial charge < -0.3 is 15.2 Å². The van der Waals surface area contributed by atoms with Crippen LogP contribution in [0, 0.1) is 0 Å². The van der Waals surface area contributed by atoms with Crippen LogP contribution in [0.2, 0.25) is 0 Å². The average molecular weight is 243 g/mol. The summed E-state index contributed by atoms with van der Waals surface area (Å²) in [5, 5.41) is 11.4. The predicted molar refractivity (Wildman–Crippen MR) is 62.7 cm³/mol. The Balaban J connectivity index is 0.000000171. The number of cyclic esters (lactones) is 1. The molecule has 17 heavy (non-hydrogen) atoms. The van der Waals surface area contributed by atoms with Gasteiger partial charge in [-0.15, -0.1) is 0 Å². The Morgan fingerprint density at radius 1 is 1.24 bits per heavy atom. The summed E-state index contributed by atoms with van der Waals surface area (Å²) in [4.78, 5) is 20.8. The van der Waals surface area contributed by atoms with Crippen LogP contribution in [0.1, 0.15) is 44.9 Å². The lowest BCUT2D eigenvalue weighted by Gasteiger charge is -2.18. The van der Waals surface area contributed by atoms with E-state index in [1.54, 1.807) is 0 Å². The van der Waals surface area contributed by atoms with Crippen molar-refractivity contribution < 1.29 is 19.4 Å². The van der Waals surface area contributed by atoms with Crippen molar-refractivity contribution in [1.29, 1.82) is 0 Å². The number of hydrogen-bond donors (Lipinski definition) is 2. The number of carbonyl (C=O) groups excluding carboxylic acids is 1. The molecule has 0 aromatic carbocycles. The van der Waals surface area contributed by atoms with E-state index in [2.05, 4.69) is 5.32 Å². The molecule has 0 spiro atoms. The zero-order chi connectivity index (χ0) is 12.5. The number of carbonyl (C=O) groups is 2. The van der Waals surface area contributed by atoms with Crippen LogP contribution in [0.15, 0.2) is 0 Å². The Labute approximate surface area is 102 Å². The van der Waals surface area contributed by atoms with Crippen LogP contribution >= 0.6 is 0 Å².